The van der Waals surface area contributed by atoms with Crippen molar-refractivity contribution in [2.45, 2.75) is 7.43 Å². The average molecular weight is 177 g/mol. The number of rotatable bonds is 3. The molecule has 0 aliphatic carbocycles. The molecule has 0 N–H and O–H groups in total. The molecular formula is C10H11NO2. The highest BCUT2D eigenvalue weighted by Crippen LogP contribution is 2.07. The predicted octanol–water partition coefficient (Wildman–Crippen LogP) is 1.79. The summed E-state index contributed by atoms with van der Waals surface area (Å²) in [5.74, 6) is 0.0277. The molecule has 3 heteroatoms. The molecule has 0 saturated heterocycles. The molecule has 3 nitrogen and oxygen atoms in total. The van der Waals surface area contributed by atoms with Crippen LogP contribution in [0.15, 0.2) is 30.3 Å². The Kier molecular flexibility index (Phi) is 4.97. The highest BCUT2D eigenvalue weighted by atomic mass is 16.5. The standard InChI is InChI=1S/C9H7NO2.CH4/c10-6-8(11)7-12-9-4-2-1-3-5-9;/h1-5H,7H2;1H4. The number of benzene rings is 1. The first-order valence-corrected chi connectivity index (χ1v) is 3.43. The second-order valence-corrected chi connectivity index (χ2v) is 2.14. The first-order valence-electron chi connectivity index (χ1n) is 3.43. The molecule has 0 amide bonds. The molecule has 0 aliphatic rings. The van der Waals surface area contributed by atoms with E-state index in [1.165, 1.54) is 6.07 Å². The number of hydrogen-bond donors (Lipinski definition) is 0. The van der Waals surface area contributed by atoms with Crippen LogP contribution in [0.2, 0.25) is 0 Å². The zero-order chi connectivity index (χ0) is 8.81. The Morgan fingerprint density at radius 2 is 2.00 bits per heavy atom. The molecule has 0 radical (unpaired) electrons. The maximum atomic E-state index is 10.5. The van der Waals surface area contributed by atoms with Crippen molar-refractivity contribution in [3.63, 3.8) is 0 Å². The van der Waals surface area contributed by atoms with E-state index in [2.05, 4.69) is 0 Å². The molecule has 0 heterocycles. The van der Waals surface area contributed by atoms with Crippen LogP contribution >= 0.6 is 0 Å². The maximum Gasteiger partial charge on any atom is 0.269 e. The van der Waals surface area contributed by atoms with Gasteiger partial charge in [-0.05, 0) is 12.1 Å². The van der Waals surface area contributed by atoms with Crippen LogP contribution in [-0.2, 0) is 4.79 Å². The van der Waals surface area contributed by atoms with E-state index in [9.17, 15) is 4.79 Å². The monoisotopic (exact) mass is 177 g/mol. The van der Waals surface area contributed by atoms with E-state index in [4.69, 9.17) is 10.00 Å². The third kappa shape index (κ3) is 3.92. The van der Waals surface area contributed by atoms with Gasteiger partial charge in [0.25, 0.3) is 5.78 Å². The number of carbonyl (C=O) groups excluding carboxylic acids is 1. The topological polar surface area (TPSA) is 50.1 Å². The lowest BCUT2D eigenvalue weighted by molar-refractivity contribution is -0.115. The van der Waals surface area contributed by atoms with Gasteiger partial charge < -0.3 is 4.74 Å². The van der Waals surface area contributed by atoms with Crippen molar-refractivity contribution >= 4 is 5.78 Å². The van der Waals surface area contributed by atoms with Gasteiger partial charge in [-0.25, -0.2) is 0 Å². The molecule has 0 fully saturated rings. The third-order valence-corrected chi connectivity index (χ3v) is 1.24. The number of ether oxygens (including phenoxy) is 1. The zero-order valence-corrected chi connectivity index (χ0v) is 6.36. The van der Waals surface area contributed by atoms with Crippen molar-refractivity contribution < 1.29 is 9.53 Å². The fourth-order valence-corrected chi connectivity index (χ4v) is 0.698. The lowest BCUT2D eigenvalue weighted by Gasteiger charge is -2.00. The summed E-state index contributed by atoms with van der Waals surface area (Å²) in [6, 6.07) is 10.4. The number of nitrogens with zero attached hydrogens (tertiary/aromatic N) is 1. The molecule has 1 aromatic rings. The Morgan fingerprint density at radius 1 is 1.38 bits per heavy atom. The lowest BCUT2D eigenvalue weighted by Crippen LogP contribution is -2.07. The van der Waals surface area contributed by atoms with E-state index in [1.54, 1.807) is 24.3 Å². The summed E-state index contributed by atoms with van der Waals surface area (Å²) < 4.78 is 4.99. The van der Waals surface area contributed by atoms with Gasteiger partial charge in [0.05, 0.1) is 0 Å². The molecule has 0 atom stereocenters. The van der Waals surface area contributed by atoms with Crippen LogP contribution < -0.4 is 4.74 Å². The third-order valence-electron chi connectivity index (χ3n) is 1.24. The van der Waals surface area contributed by atoms with Crippen molar-refractivity contribution in [1.82, 2.24) is 0 Å². The van der Waals surface area contributed by atoms with E-state index in [0.717, 1.165) is 0 Å². The number of ketones is 1. The van der Waals surface area contributed by atoms with Crippen molar-refractivity contribution in [2.24, 2.45) is 0 Å². The van der Waals surface area contributed by atoms with E-state index in [0.29, 0.717) is 5.75 Å². The molecule has 0 saturated carbocycles. The largest absolute Gasteiger partial charge is 0.485 e. The molecule has 0 unspecified atom stereocenters. The number of para-hydroxylation sites is 1. The van der Waals surface area contributed by atoms with Crippen molar-refractivity contribution in [1.29, 1.82) is 5.26 Å². The Hall–Kier alpha value is -1.82. The highest BCUT2D eigenvalue weighted by molar-refractivity contribution is 5.94. The molecule has 0 bridgehead atoms. The van der Waals surface area contributed by atoms with Gasteiger partial charge in [0.2, 0.25) is 0 Å². The molecular weight excluding hydrogens is 166 g/mol. The van der Waals surface area contributed by atoms with Crippen LogP contribution in [0.25, 0.3) is 0 Å². The van der Waals surface area contributed by atoms with Crippen LogP contribution in [0, 0.1) is 11.3 Å². The van der Waals surface area contributed by atoms with Crippen LogP contribution in [0.4, 0.5) is 0 Å². The van der Waals surface area contributed by atoms with Gasteiger partial charge in [0.15, 0.2) is 6.61 Å². The van der Waals surface area contributed by atoms with Crippen LogP contribution in [0.3, 0.4) is 0 Å². The van der Waals surface area contributed by atoms with Crippen LogP contribution in [0.5, 0.6) is 5.75 Å². The van der Waals surface area contributed by atoms with Gasteiger partial charge in [0.1, 0.15) is 11.8 Å². The Morgan fingerprint density at radius 3 is 2.54 bits per heavy atom. The molecule has 13 heavy (non-hydrogen) atoms. The lowest BCUT2D eigenvalue weighted by atomic mass is 10.3. The quantitative estimate of drug-likeness (QED) is 0.661. The summed E-state index contributed by atoms with van der Waals surface area (Å²) in [6.07, 6.45) is 0. The van der Waals surface area contributed by atoms with Crippen LogP contribution in [-0.4, -0.2) is 12.4 Å². The van der Waals surface area contributed by atoms with Crippen molar-refractivity contribution in [3.05, 3.63) is 30.3 Å². The second kappa shape index (κ2) is 5.78. The number of carbonyl (C=O) groups is 1. The summed E-state index contributed by atoms with van der Waals surface area (Å²) in [7, 11) is 0. The van der Waals surface area contributed by atoms with E-state index in [-0.39, 0.29) is 14.0 Å². The fourth-order valence-electron chi connectivity index (χ4n) is 0.698. The molecule has 68 valence electrons. The number of nitriles is 1. The smallest absolute Gasteiger partial charge is 0.269 e. The first kappa shape index (κ1) is 11.2. The Balaban J connectivity index is 0.00000144. The van der Waals surface area contributed by atoms with Crippen molar-refractivity contribution in [3.8, 4) is 11.8 Å². The Labute approximate surface area is 77.6 Å². The summed E-state index contributed by atoms with van der Waals surface area (Å²) >= 11 is 0. The van der Waals surface area contributed by atoms with E-state index >= 15 is 0 Å². The average Bonchev–Trinajstić information content (AvgIpc) is 2.16. The minimum absolute atomic E-state index is 0. The molecule has 0 aliphatic heterocycles. The van der Waals surface area contributed by atoms with E-state index in [1.807, 2.05) is 6.07 Å². The van der Waals surface area contributed by atoms with Crippen LogP contribution in [0.1, 0.15) is 7.43 Å². The number of hydrogen-bond acceptors (Lipinski definition) is 3. The summed E-state index contributed by atoms with van der Waals surface area (Å²) in [4.78, 5) is 10.5. The van der Waals surface area contributed by atoms with E-state index < -0.39 is 5.78 Å². The summed E-state index contributed by atoms with van der Waals surface area (Å²) in [5.41, 5.74) is 0. The summed E-state index contributed by atoms with van der Waals surface area (Å²) in [6.45, 7) is -0.180. The fraction of sp³-hybridized carbons (Fsp3) is 0.200. The van der Waals surface area contributed by atoms with Gasteiger partial charge in [-0.15, -0.1) is 0 Å². The highest BCUT2D eigenvalue weighted by Gasteiger charge is 1.98. The van der Waals surface area contributed by atoms with Gasteiger partial charge in [0, 0.05) is 0 Å². The van der Waals surface area contributed by atoms with Crippen molar-refractivity contribution in [2.75, 3.05) is 6.61 Å². The van der Waals surface area contributed by atoms with Gasteiger partial charge in [-0.2, -0.15) is 5.26 Å². The van der Waals surface area contributed by atoms with Gasteiger partial charge in [-0.1, -0.05) is 25.6 Å². The predicted molar refractivity (Wildman–Crippen MR) is 49.3 cm³/mol. The molecule has 1 aromatic carbocycles. The normalized spacial score (nSPS) is 7.92. The molecule has 0 spiro atoms. The second-order valence-electron chi connectivity index (χ2n) is 2.14. The summed E-state index contributed by atoms with van der Waals surface area (Å²) in [5, 5.41) is 8.13. The zero-order valence-electron chi connectivity index (χ0n) is 6.36. The SMILES string of the molecule is C.N#CC(=O)COc1ccccc1. The number of Topliss-reactive ketones (excluding diaryl/α,β-unsaturated/α-hetero) is 1. The van der Waals surface area contributed by atoms with Gasteiger partial charge >= 0.3 is 0 Å². The molecule has 0 aromatic heterocycles. The Bertz CT molecular complexity index is 300. The molecule has 1 rings (SSSR count). The maximum absolute atomic E-state index is 10.5. The minimum Gasteiger partial charge on any atom is -0.485 e. The first-order chi connectivity index (χ1) is 5.83. The van der Waals surface area contributed by atoms with Gasteiger partial charge in [-0.3, -0.25) is 4.79 Å². The minimum atomic E-state index is -0.571.